The second kappa shape index (κ2) is 7.09. The number of rotatable bonds is 6. The van der Waals surface area contributed by atoms with Crippen LogP contribution in [0.5, 0.6) is 0 Å². The van der Waals surface area contributed by atoms with Gasteiger partial charge in [-0.05, 0) is 6.07 Å². The van der Waals surface area contributed by atoms with Gasteiger partial charge in [-0.25, -0.2) is 4.79 Å². The minimum absolute atomic E-state index is 0.0241. The average Bonchev–Trinajstić information content (AvgIpc) is 2.59. The van der Waals surface area contributed by atoms with Crippen molar-refractivity contribution in [1.29, 1.82) is 0 Å². The van der Waals surface area contributed by atoms with Crippen LogP contribution in [-0.4, -0.2) is 28.2 Å². The van der Waals surface area contributed by atoms with Gasteiger partial charge in [-0.2, -0.15) is 0 Å². The minimum Gasteiger partial charge on any atom is -0.454 e. The van der Waals surface area contributed by atoms with Crippen LogP contribution in [0.4, 0.5) is 11.4 Å². The van der Waals surface area contributed by atoms with Crippen molar-refractivity contribution in [3.05, 3.63) is 79.9 Å². The number of hydrogen-bond acceptors (Lipinski definition) is 7. The van der Waals surface area contributed by atoms with Crippen LogP contribution < -0.4 is 0 Å². The van der Waals surface area contributed by atoms with Crippen molar-refractivity contribution in [3.8, 4) is 0 Å². The van der Waals surface area contributed by atoms with Gasteiger partial charge in [0, 0.05) is 29.8 Å². The smallest absolute Gasteiger partial charge is 0.338 e. The average molecular weight is 330 g/mol. The van der Waals surface area contributed by atoms with E-state index >= 15 is 0 Å². The van der Waals surface area contributed by atoms with Crippen LogP contribution in [0.3, 0.4) is 0 Å². The fourth-order valence-electron chi connectivity index (χ4n) is 1.84. The highest BCUT2D eigenvalue weighted by Gasteiger charge is 2.16. The number of carbonyl (C=O) groups excluding carboxylic acids is 2. The van der Waals surface area contributed by atoms with Gasteiger partial charge in [-0.3, -0.25) is 25.0 Å². The summed E-state index contributed by atoms with van der Waals surface area (Å²) in [6, 6.07) is 9.87. The number of ether oxygens (including phenoxy) is 1. The maximum Gasteiger partial charge on any atom is 0.338 e. The maximum atomic E-state index is 11.9. The Morgan fingerprint density at radius 2 is 1.38 bits per heavy atom. The van der Waals surface area contributed by atoms with E-state index < -0.39 is 28.2 Å². The van der Waals surface area contributed by atoms with Crippen LogP contribution in [0.2, 0.25) is 0 Å². The molecule has 2 aromatic carbocycles. The molecule has 0 bridgehead atoms. The van der Waals surface area contributed by atoms with E-state index in [1.807, 2.05) is 0 Å². The normalized spacial score (nSPS) is 10.0. The van der Waals surface area contributed by atoms with Crippen LogP contribution in [0.25, 0.3) is 0 Å². The molecule has 9 heteroatoms. The van der Waals surface area contributed by atoms with Gasteiger partial charge in [-0.1, -0.05) is 18.2 Å². The van der Waals surface area contributed by atoms with Crippen molar-refractivity contribution in [3.63, 3.8) is 0 Å². The van der Waals surface area contributed by atoms with E-state index in [0.717, 1.165) is 12.1 Å². The third-order valence-corrected chi connectivity index (χ3v) is 3.01. The van der Waals surface area contributed by atoms with Crippen molar-refractivity contribution in [2.75, 3.05) is 6.61 Å². The number of nitro groups is 2. The van der Waals surface area contributed by atoms with E-state index in [9.17, 15) is 29.8 Å². The molecule has 0 unspecified atom stereocenters. The van der Waals surface area contributed by atoms with Gasteiger partial charge in [0.05, 0.1) is 15.4 Å². The Morgan fingerprint density at radius 1 is 0.875 bits per heavy atom. The summed E-state index contributed by atoms with van der Waals surface area (Å²) in [7, 11) is 0. The molecule has 0 N–H and O–H groups in total. The Kier molecular flexibility index (Phi) is 4.95. The van der Waals surface area contributed by atoms with Gasteiger partial charge in [0.15, 0.2) is 6.61 Å². The van der Waals surface area contributed by atoms with Crippen LogP contribution in [0.1, 0.15) is 20.7 Å². The lowest BCUT2D eigenvalue weighted by atomic mass is 10.1. The molecule has 0 amide bonds. The molecule has 0 aliphatic rings. The SMILES string of the molecule is O=C(COC(=O)c1cccc([N+](=O)[O-])c1)c1cccc([N+](=O)[O-])c1. The van der Waals surface area contributed by atoms with Crippen molar-refractivity contribution >= 4 is 23.1 Å². The Labute approximate surface area is 134 Å². The number of Topliss-reactive ketones (excluding diaryl/α,β-unsaturated/α-hetero) is 1. The number of non-ortho nitro benzene ring substituents is 2. The highest BCUT2D eigenvalue weighted by molar-refractivity contribution is 5.99. The van der Waals surface area contributed by atoms with E-state index in [0.29, 0.717) is 0 Å². The van der Waals surface area contributed by atoms with Crippen molar-refractivity contribution in [1.82, 2.24) is 0 Å². The largest absolute Gasteiger partial charge is 0.454 e. The number of esters is 1. The zero-order valence-electron chi connectivity index (χ0n) is 12.1. The predicted octanol–water partition coefficient (Wildman–Crippen LogP) is 2.54. The summed E-state index contributed by atoms with van der Waals surface area (Å²) in [6.07, 6.45) is 0. The minimum atomic E-state index is -0.905. The Hall–Kier alpha value is -3.62. The molecule has 0 spiro atoms. The Balaban J connectivity index is 2.05. The molecular weight excluding hydrogens is 320 g/mol. The third-order valence-electron chi connectivity index (χ3n) is 3.01. The number of hydrogen-bond donors (Lipinski definition) is 0. The molecule has 0 aliphatic carbocycles. The lowest BCUT2D eigenvalue weighted by Gasteiger charge is -2.04. The molecule has 0 saturated heterocycles. The molecule has 24 heavy (non-hydrogen) atoms. The predicted molar refractivity (Wildman–Crippen MR) is 80.8 cm³/mol. The highest BCUT2D eigenvalue weighted by Crippen LogP contribution is 2.15. The zero-order valence-corrected chi connectivity index (χ0v) is 12.1. The first-order chi connectivity index (χ1) is 11.4. The molecule has 0 aromatic heterocycles. The van der Waals surface area contributed by atoms with Crippen molar-refractivity contribution in [2.45, 2.75) is 0 Å². The zero-order chi connectivity index (χ0) is 17.7. The molecule has 0 saturated carbocycles. The summed E-state index contributed by atoms with van der Waals surface area (Å²) in [6.45, 7) is -0.636. The summed E-state index contributed by atoms with van der Waals surface area (Å²) in [4.78, 5) is 43.8. The van der Waals surface area contributed by atoms with E-state index in [1.165, 1.54) is 36.4 Å². The summed E-state index contributed by atoms with van der Waals surface area (Å²) in [5.74, 6) is -1.53. The van der Waals surface area contributed by atoms with Gasteiger partial charge in [0.25, 0.3) is 11.4 Å². The number of ketones is 1. The van der Waals surface area contributed by atoms with Crippen LogP contribution in [0.15, 0.2) is 48.5 Å². The Morgan fingerprint density at radius 3 is 1.92 bits per heavy atom. The van der Waals surface area contributed by atoms with E-state index in [2.05, 4.69) is 0 Å². The van der Waals surface area contributed by atoms with Crippen LogP contribution in [-0.2, 0) is 4.74 Å². The molecule has 122 valence electrons. The van der Waals surface area contributed by atoms with E-state index in [-0.39, 0.29) is 22.5 Å². The van der Waals surface area contributed by atoms with Crippen LogP contribution >= 0.6 is 0 Å². The molecule has 0 aliphatic heterocycles. The first-order valence-corrected chi connectivity index (χ1v) is 6.57. The summed E-state index contributed by atoms with van der Waals surface area (Å²) >= 11 is 0. The standard InChI is InChI=1S/C15H10N2O7/c18-14(10-3-1-5-12(7-10)16(20)21)9-24-15(19)11-4-2-6-13(8-11)17(22)23/h1-8H,9H2. The molecule has 0 heterocycles. The quantitative estimate of drug-likeness (QED) is 0.344. The number of benzene rings is 2. The number of carbonyl (C=O) groups is 2. The number of nitrogens with zero attached hydrogens (tertiary/aromatic N) is 2. The molecule has 0 fully saturated rings. The topological polar surface area (TPSA) is 130 Å². The first kappa shape index (κ1) is 16.7. The Bertz CT molecular complexity index is 763. The maximum absolute atomic E-state index is 11.9. The monoisotopic (exact) mass is 330 g/mol. The lowest BCUT2D eigenvalue weighted by Crippen LogP contribution is -2.14. The second-order valence-electron chi connectivity index (χ2n) is 4.61. The fourth-order valence-corrected chi connectivity index (χ4v) is 1.84. The fraction of sp³-hybridized carbons (Fsp3) is 0.0667. The van der Waals surface area contributed by atoms with Gasteiger partial charge in [0.1, 0.15) is 0 Å². The molecule has 2 aromatic rings. The highest BCUT2D eigenvalue weighted by atomic mass is 16.6. The van der Waals surface area contributed by atoms with Gasteiger partial charge < -0.3 is 4.74 Å². The molecule has 0 radical (unpaired) electrons. The van der Waals surface area contributed by atoms with Crippen LogP contribution in [0, 0.1) is 20.2 Å². The number of nitro benzene ring substituents is 2. The van der Waals surface area contributed by atoms with Gasteiger partial charge in [-0.15, -0.1) is 0 Å². The lowest BCUT2D eigenvalue weighted by molar-refractivity contribution is -0.385. The van der Waals surface area contributed by atoms with E-state index in [1.54, 1.807) is 0 Å². The molecule has 2 rings (SSSR count). The molecular formula is C15H10N2O7. The second-order valence-corrected chi connectivity index (χ2v) is 4.61. The van der Waals surface area contributed by atoms with Crippen molar-refractivity contribution in [2.24, 2.45) is 0 Å². The summed E-state index contributed by atoms with van der Waals surface area (Å²) in [5, 5.41) is 21.3. The summed E-state index contributed by atoms with van der Waals surface area (Å²) < 4.78 is 4.80. The van der Waals surface area contributed by atoms with Gasteiger partial charge in [0.2, 0.25) is 5.78 Å². The van der Waals surface area contributed by atoms with Crippen molar-refractivity contribution < 1.29 is 24.2 Å². The van der Waals surface area contributed by atoms with E-state index in [4.69, 9.17) is 4.74 Å². The summed E-state index contributed by atoms with van der Waals surface area (Å²) in [5.41, 5.74) is -0.590. The third kappa shape index (κ3) is 3.97. The molecule has 0 atom stereocenters. The van der Waals surface area contributed by atoms with Gasteiger partial charge >= 0.3 is 5.97 Å². The first-order valence-electron chi connectivity index (χ1n) is 6.57. The molecule has 9 nitrogen and oxygen atoms in total.